The van der Waals surface area contributed by atoms with Crippen molar-refractivity contribution in [2.45, 2.75) is 46.7 Å². The first-order valence-corrected chi connectivity index (χ1v) is 9.01. The summed E-state index contributed by atoms with van der Waals surface area (Å²) < 4.78 is 7.22. The summed E-state index contributed by atoms with van der Waals surface area (Å²) in [6, 6.07) is 10.5. The Balaban J connectivity index is 1.99. The van der Waals surface area contributed by atoms with E-state index in [2.05, 4.69) is 5.32 Å². The van der Waals surface area contributed by atoms with Gasteiger partial charge in [0.15, 0.2) is 6.61 Å². The second-order valence-electron chi connectivity index (χ2n) is 6.48. The Labute approximate surface area is 159 Å². The number of esters is 1. The van der Waals surface area contributed by atoms with Crippen LogP contribution >= 0.6 is 0 Å². The van der Waals surface area contributed by atoms with Gasteiger partial charge in [-0.1, -0.05) is 30.3 Å². The quantitative estimate of drug-likeness (QED) is 0.572. The molecule has 0 unspecified atom stereocenters. The van der Waals surface area contributed by atoms with Gasteiger partial charge in [-0.3, -0.25) is 14.4 Å². The van der Waals surface area contributed by atoms with Gasteiger partial charge in [-0.05, 0) is 32.4 Å². The SMILES string of the molecule is CCn1c(C)cc(C(=O)COC(=O)C[C@@H](NC(C)=O)c2ccccc2)c1C. The van der Waals surface area contributed by atoms with Crippen molar-refractivity contribution in [2.24, 2.45) is 0 Å². The Morgan fingerprint density at radius 1 is 1.15 bits per heavy atom. The highest BCUT2D eigenvalue weighted by molar-refractivity contribution is 5.99. The molecular weight excluding hydrogens is 344 g/mol. The zero-order valence-corrected chi connectivity index (χ0v) is 16.2. The van der Waals surface area contributed by atoms with E-state index in [1.807, 2.05) is 61.7 Å². The van der Waals surface area contributed by atoms with Crippen LogP contribution in [0.5, 0.6) is 0 Å². The van der Waals surface area contributed by atoms with E-state index in [4.69, 9.17) is 4.74 Å². The van der Waals surface area contributed by atoms with E-state index < -0.39 is 12.0 Å². The number of aryl methyl sites for hydroxylation is 1. The van der Waals surface area contributed by atoms with Crippen LogP contribution in [-0.4, -0.2) is 28.8 Å². The zero-order chi connectivity index (χ0) is 20.0. The lowest BCUT2D eigenvalue weighted by molar-refractivity contribution is -0.143. The number of Topliss-reactive ketones (excluding diaryl/α,β-unsaturated/α-hetero) is 1. The van der Waals surface area contributed by atoms with Crippen molar-refractivity contribution in [1.29, 1.82) is 0 Å². The second-order valence-corrected chi connectivity index (χ2v) is 6.48. The summed E-state index contributed by atoms with van der Waals surface area (Å²) in [5.41, 5.74) is 3.25. The molecule has 2 rings (SSSR count). The number of aromatic nitrogens is 1. The third-order valence-electron chi connectivity index (χ3n) is 4.50. The molecule has 1 heterocycles. The Morgan fingerprint density at radius 3 is 2.37 bits per heavy atom. The van der Waals surface area contributed by atoms with E-state index in [1.165, 1.54) is 6.92 Å². The first-order chi connectivity index (χ1) is 12.8. The number of amides is 1. The number of hydrogen-bond donors (Lipinski definition) is 1. The molecule has 0 fully saturated rings. The number of ether oxygens (including phenoxy) is 1. The summed E-state index contributed by atoms with van der Waals surface area (Å²) in [7, 11) is 0. The Kier molecular flexibility index (Phi) is 6.93. The van der Waals surface area contributed by atoms with E-state index in [0.717, 1.165) is 23.5 Å². The van der Waals surface area contributed by atoms with Crippen molar-refractivity contribution >= 4 is 17.7 Å². The Morgan fingerprint density at radius 2 is 1.81 bits per heavy atom. The molecule has 0 saturated carbocycles. The number of nitrogens with one attached hydrogen (secondary N) is 1. The summed E-state index contributed by atoms with van der Waals surface area (Å²) in [6.45, 7) is 7.70. The smallest absolute Gasteiger partial charge is 0.308 e. The highest BCUT2D eigenvalue weighted by atomic mass is 16.5. The average Bonchev–Trinajstić information content (AvgIpc) is 2.93. The highest BCUT2D eigenvalue weighted by Gasteiger charge is 2.20. The molecule has 0 radical (unpaired) electrons. The number of rotatable bonds is 8. The van der Waals surface area contributed by atoms with Gasteiger partial charge in [-0.15, -0.1) is 0 Å². The minimum atomic E-state index is -0.532. The van der Waals surface area contributed by atoms with Crippen molar-refractivity contribution in [1.82, 2.24) is 9.88 Å². The number of carbonyl (C=O) groups is 3. The van der Waals surface area contributed by atoms with Gasteiger partial charge in [0.25, 0.3) is 0 Å². The maximum atomic E-state index is 12.4. The molecule has 0 aliphatic carbocycles. The van der Waals surface area contributed by atoms with Gasteiger partial charge in [-0.25, -0.2) is 0 Å². The van der Waals surface area contributed by atoms with Crippen LogP contribution in [0.4, 0.5) is 0 Å². The van der Waals surface area contributed by atoms with Crippen molar-refractivity contribution in [2.75, 3.05) is 6.61 Å². The monoisotopic (exact) mass is 370 g/mol. The summed E-state index contributed by atoms with van der Waals surface area (Å²) >= 11 is 0. The average molecular weight is 370 g/mol. The molecule has 1 amide bonds. The lowest BCUT2D eigenvalue weighted by Gasteiger charge is -2.17. The van der Waals surface area contributed by atoms with Crippen LogP contribution in [-0.2, 0) is 20.9 Å². The van der Waals surface area contributed by atoms with Crippen LogP contribution in [0.1, 0.15) is 53.6 Å². The predicted molar refractivity (Wildman–Crippen MR) is 102 cm³/mol. The molecule has 1 aromatic heterocycles. The van der Waals surface area contributed by atoms with E-state index >= 15 is 0 Å². The first kappa shape index (κ1) is 20.4. The highest BCUT2D eigenvalue weighted by Crippen LogP contribution is 2.18. The van der Waals surface area contributed by atoms with Crippen LogP contribution in [0, 0.1) is 13.8 Å². The van der Waals surface area contributed by atoms with Crippen molar-refractivity contribution < 1.29 is 19.1 Å². The summed E-state index contributed by atoms with van der Waals surface area (Å²) in [5, 5.41) is 2.75. The molecule has 6 heteroatoms. The third-order valence-corrected chi connectivity index (χ3v) is 4.50. The lowest BCUT2D eigenvalue weighted by atomic mass is 10.0. The van der Waals surface area contributed by atoms with Gasteiger partial charge in [0, 0.05) is 30.4 Å². The van der Waals surface area contributed by atoms with Crippen LogP contribution in [0.15, 0.2) is 36.4 Å². The molecule has 2 aromatic rings. The normalized spacial score (nSPS) is 11.7. The van der Waals surface area contributed by atoms with Gasteiger partial charge in [0.2, 0.25) is 11.7 Å². The molecule has 6 nitrogen and oxygen atoms in total. The number of ketones is 1. The van der Waals surface area contributed by atoms with Gasteiger partial charge < -0.3 is 14.6 Å². The standard InChI is InChI=1S/C21H26N2O4/c1-5-23-14(2)11-18(15(23)3)20(25)13-27-21(26)12-19(22-16(4)24)17-9-7-6-8-10-17/h6-11,19H,5,12-13H2,1-4H3,(H,22,24)/t19-/m1/s1. The Bertz CT molecular complexity index is 824. The summed E-state index contributed by atoms with van der Waals surface area (Å²) in [5.74, 6) is -0.998. The molecule has 0 aliphatic rings. The molecular formula is C21H26N2O4. The second kappa shape index (κ2) is 9.16. The summed E-state index contributed by atoms with van der Waals surface area (Å²) in [4.78, 5) is 36.1. The Hall–Kier alpha value is -2.89. The van der Waals surface area contributed by atoms with Crippen LogP contribution in [0.2, 0.25) is 0 Å². The van der Waals surface area contributed by atoms with E-state index in [1.54, 1.807) is 0 Å². The van der Waals surface area contributed by atoms with Crippen LogP contribution in [0.25, 0.3) is 0 Å². The van der Waals surface area contributed by atoms with Gasteiger partial charge >= 0.3 is 5.97 Å². The molecule has 0 aliphatic heterocycles. The molecule has 27 heavy (non-hydrogen) atoms. The van der Waals surface area contributed by atoms with Crippen molar-refractivity contribution in [3.05, 3.63) is 58.9 Å². The van der Waals surface area contributed by atoms with Gasteiger partial charge in [0.1, 0.15) is 0 Å². The van der Waals surface area contributed by atoms with Crippen molar-refractivity contribution in [3.8, 4) is 0 Å². The fraction of sp³-hybridized carbons (Fsp3) is 0.381. The number of nitrogens with zero attached hydrogens (tertiary/aromatic N) is 1. The molecule has 1 atom stereocenters. The van der Waals surface area contributed by atoms with E-state index in [9.17, 15) is 14.4 Å². The molecule has 0 bridgehead atoms. The van der Waals surface area contributed by atoms with E-state index in [-0.39, 0.29) is 24.7 Å². The zero-order valence-electron chi connectivity index (χ0n) is 16.2. The van der Waals surface area contributed by atoms with E-state index in [0.29, 0.717) is 5.56 Å². The molecule has 1 N–H and O–H groups in total. The minimum Gasteiger partial charge on any atom is -0.457 e. The fourth-order valence-electron chi connectivity index (χ4n) is 3.20. The van der Waals surface area contributed by atoms with Gasteiger partial charge in [-0.2, -0.15) is 0 Å². The molecule has 0 saturated heterocycles. The largest absolute Gasteiger partial charge is 0.457 e. The minimum absolute atomic E-state index is 0.0369. The van der Waals surface area contributed by atoms with Crippen molar-refractivity contribution in [3.63, 3.8) is 0 Å². The van der Waals surface area contributed by atoms with Crippen LogP contribution < -0.4 is 5.32 Å². The summed E-state index contributed by atoms with van der Waals surface area (Å²) in [6.07, 6.45) is -0.0369. The molecule has 0 spiro atoms. The maximum Gasteiger partial charge on any atom is 0.308 e. The third kappa shape index (κ3) is 5.29. The first-order valence-electron chi connectivity index (χ1n) is 9.01. The molecule has 1 aromatic carbocycles. The maximum absolute atomic E-state index is 12.4. The number of benzene rings is 1. The van der Waals surface area contributed by atoms with Crippen LogP contribution in [0.3, 0.4) is 0 Å². The number of hydrogen-bond acceptors (Lipinski definition) is 4. The predicted octanol–water partition coefficient (Wildman–Crippen LogP) is 3.12. The number of carbonyl (C=O) groups excluding carboxylic acids is 3. The molecule has 144 valence electrons. The topological polar surface area (TPSA) is 77.4 Å². The fourth-order valence-corrected chi connectivity index (χ4v) is 3.20. The lowest BCUT2D eigenvalue weighted by Crippen LogP contribution is -2.29. The van der Waals surface area contributed by atoms with Gasteiger partial charge in [0.05, 0.1) is 12.5 Å².